The monoisotopic (exact) mass is 405 g/mol. The molecule has 130 valence electrons. The van der Waals surface area contributed by atoms with Gasteiger partial charge in [-0.1, -0.05) is 0 Å². The molecule has 0 atom stereocenters. The van der Waals surface area contributed by atoms with Gasteiger partial charge in [-0.25, -0.2) is 14.1 Å². The summed E-state index contributed by atoms with van der Waals surface area (Å²) in [5.74, 6) is 0.545. The van der Waals surface area contributed by atoms with Crippen molar-refractivity contribution in [3.8, 4) is 5.69 Å². The van der Waals surface area contributed by atoms with E-state index in [0.717, 1.165) is 16.7 Å². The number of ketones is 1. The summed E-state index contributed by atoms with van der Waals surface area (Å²) >= 11 is 3.54. The third kappa shape index (κ3) is 3.39. The predicted octanol–water partition coefficient (Wildman–Crippen LogP) is 3.49. The summed E-state index contributed by atoms with van der Waals surface area (Å²) in [6.07, 6.45) is 2.26. The summed E-state index contributed by atoms with van der Waals surface area (Å²) in [5, 5.41) is 8.70. The molecule has 0 N–H and O–H groups in total. The maximum atomic E-state index is 13.6. The van der Waals surface area contributed by atoms with E-state index in [0.29, 0.717) is 23.8 Å². The van der Waals surface area contributed by atoms with Crippen molar-refractivity contribution in [2.45, 2.75) is 33.7 Å². The number of nitrogens with zero attached hydrogens (tertiary/aromatic N) is 5. The van der Waals surface area contributed by atoms with Gasteiger partial charge in [0.25, 0.3) is 0 Å². The second kappa shape index (κ2) is 6.87. The van der Waals surface area contributed by atoms with Gasteiger partial charge in [-0.15, -0.1) is 0 Å². The number of benzene rings is 1. The van der Waals surface area contributed by atoms with E-state index in [1.807, 2.05) is 11.6 Å². The molecule has 0 aliphatic rings. The molecule has 3 aromatic rings. The Balaban J connectivity index is 2.08. The van der Waals surface area contributed by atoms with Crippen LogP contribution in [0.25, 0.3) is 5.69 Å². The smallest absolute Gasteiger partial charge is 0.162 e. The van der Waals surface area contributed by atoms with Crippen molar-refractivity contribution < 1.29 is 9.18 Å². The van der Waals surface area contributed by atoms with Crippen LogP contribution in [0.3, 0.4) is 0 Å². The second-order valence-electron chi connectivity index (χ2n) is 5.66. The van der Waals surface area contributed by atoms with Crippen LogP contribution in [0.5, 0.6) is 0 Å². The first-order valence-electron chi connectivity index (χ1n) is 7.84. The third-order valence-corrected chi connectivity index (χ3v) is 4.76. The van der Waals surface area contributed by atoms with Gasteiger partial charge in [0.2, 0.25) is 0 Å². The fourth-order valence-electron chi connectivity index (χ4n) is 2.66. The standard InChI is InChI=1S/C17H17BrFN5O/c1-4-23-17(18)12(9-20-23)7-16-21-11(3)22-24(16)15-6-5-13(19)8-14(15)10(2)25/h5-6,8-9H,4,7H2,1-3H3. The van der Waals surface area contributed by atoms with E-state index < -0.39 is 5.82 Å². The maximum Gasteiger partial charge on any atom is 0.162 e. The van der Waals surface area contributed by atoms with Crippen LogP contribution in [0, 0.1) is 12.7 Å². The first-order chi connectivity index (χ1) is 11.9. The van der Waals surface area contributed by atoms with E-state index in [9.17, 15) is 9.18 Å². The number of rotatable bonds is 5. The number of aryl methyl sites for hydroxylation is 2. The Labute approximate surface area is 152 Å². The number of carbonyl (C=O) groups is 1. The van der Waals surface area contributed by atoms with Crippen LogP contribution < -0.4 is 0 Å². The molecule has 6 nitrogen and oxygen atoms in total. The molecule has 0 aliphatic carbocycles. The normalized spacial score (nSPS) is 11.1. The Kier molecular flexibility index (Phi) is 4.80. The average molecular weight is 406 g/mol. The molecule has 0 fully saturated rings. The molecular formula is C17H17BrFN5O. The molecule has 0 unspecified atom stereocenters. The Morgan fingerprint density at radius 2 is 2.12 bits per heavy atom. The Morgan fingerprint density at radius 3 is 2.76 bits per heavy atom. The fraction of sp³-hybridized carbons (Fsp3) is 0.294. The van der Waals surface area contributed by atoms with Gasteiger partial charge in [-0.2, -0.15) is 10.2 Å². The molecular weight excluding hydrogens is 389 g/mol. The van der Waals surface area contributed by atoms with Crippen LogP contribution >= 0.6 is 15.9 Å². The first-order valence-corrected chi connectivity index (χ1v) is 8.63. The van der Waals surface area contributed by atoms with Crippen LogP contribution in [0.15, 0.2) is 29.0 Å². The van der Waals surface area contributed by atoms with Crippen molar-refractivity contribution >= 4 is 21.7 Å². The van der Waals surface area contributed by atoms with Crippen LogP contribution in [-0.4, -0.2) is 30.3 Å². The van der Waals surface area contributed by atoms with Gasteiger partial charge in [-0.3, -0.25) is 9.48 Å². The second-order valence-corrected chi connectivity index (χ2v) is 6.41. The van der Waals surface area contributed by atoms with Gasteiger partial charge >= 0.3 is 0 Å². The summed E-state index contributed by atoms with van der Waals surface area (Å²) in [7, 11) is 0. The molecule has 1 aromatic carbocycles. The number of hydrogen-bond acceptors (Lipinski definition) is 4. The summed E-state index contributed by atoms with van der Waals surface area (Å²) in [6, 6.07) is 4.09. The van der Waals surface area contributed by atoms with Crippen molar-refractivity contribution in [1.29, 1.82) is 0 Å². The lowest BCUT2D eigenvalue weighted by Gasteiger charge is -2.10. The molecule has 2 aromatic heterocycles. The van der Waals surface area contributed by atoms with E-state index in [1.165, 1.54) is 19.1 Å². The molecule has 25 heavy (non-hydrogen) atoms. The Bertz CT molecular complexity index is 947. The zero-order chi connectivity index (χ0) is 18.1. The summed E-state index contributed by atoms with van der Waals surface area (Å²) in [6.45, 7) is 5.94. The fourth-order valence-corrected chi connectivity index (χ4v) is 3.24. The van der Waals surface area contributed by atoms with Gasteiger partial charge < -0.3 is 0 Å². The highest BCUT2D eigenvalue weighted by atomic mass is 79.9. The summed E-state index contributed by atoms with van der Waals surface area (Å²) in [4.78, 5) is 16.4. The van der Waals surface area contributed by atoms with Crippen LogP contribution in [-0.2, 0) is 13.0 Å². The minimum absolute atomic E-state index is 0.228. The quantitative estimate of drug-likeness (QED) is 0.609. The van der Waals surface area contributed by atoms with E-state index in [4.69, 9.17) is 0 Å². The zero-order valence-corrected chi connectivity index (χ0v) is 15.7. The van der Waals surface area contributed by atoms with Gasteiger partial charge in [0, 0.05) is 24.1 Å². The minimum atomic E-state index is -0.459. The number of carbonyl (C=O) groups excluding carboxylic acids is 1. The molecule has 8 heteroatoms. The van der Waals surface area contributed by atoms with Gasteiger partial charge in [0.05, 0.1) is 11.9 Å². The highest BCUT2D eigenvalue weighted by Crippen LogP contribution is 2.23. The molecule has 0 radical (unpaired) electrons. The average Bonchev–Trinajstić information content (AvgIpc) is 3.10. The van der Waals surface area contributed by atoms with E-state index in [2.05, 4.69) is 31.1 Å². The van der Waals surface area contributed by atoms with Gasteiger partial charge in [0.15, 0.2) is 5.78 Å². The summed E-state index contributed by atoms with van der Waals surface area (Å²) < 4.78 is 17.9. The third-order valence-electron chi connectivity index (χ3n) is 3.84. The molecule has 0 spiro atoms. The predicted molar refractivity (Wildman–Crippen MR) is 94.5 cm³/mol. The van der Waals surface area contributed by atoms with Gasteiger partial charge in [0.1, 0.15) is 22.1 Å². The number of Topliss-reactive ketones (excluding diaryl/α,β-unsaturated/α-hetero) is 1. The highest BCUT2D eigenvalue weighted by molar-refractivity contribution is 9.10. The van der Waals surface area contributed by atoms with E-state index >= 15 is 0 Å². The van der Waals surface area contributed by atoms with E-state index in [1.54, 1.807) is 23.9 Å². The van der Waals surface area contributed by atoms with Crippen molar-refractivity contribution in [1.82, 2.24) is 24.5 Å². The first kappa shape index (κ1) is 17.5. The number of aromatic nitrogens is 5. The largest absolute Gasteiger partial charge is 0.294 e. The Hall–Kier alpha value is -2.35. The lowest BCUT2D eigenvalue weighted by atomic mass is 10.1. The lowest BCUT2D eigenvalue weighted by molar-refractivity contribution is 0.101. The van der Waals surface area contributed by atoms with Gasteiger partial charge in [-0.05, 0) is 54.9 Å². The van der Waals surface area contributed by atoms with Crippen molar-refractivity contribution in [3.05, 3.63) is 57.6 Å². The molecule has 0 saturated heterocycles. The topological polar surface area (TPSA) is 65.6 Å². The zero-order valence-electron chi connectivity index (χ0n) is 14.1. The van der Waals surface area contributed by atoms with Crippen LogP contribution in [0.1, 0.15) is 41.4 Å². The van der Waals surface area contributed by atoms with E-state index in [-0.39, 0.29) is 11.3 Å². The van der Waals surface area contributed by atoms with Crippen LogP contribution in [0.4, 0.5) is 4.39 Å². The van der Waals surface area contributed by atoms with Crippen molar-refractivity contribution in [2.24, 2.45) is 0 Å². The molecule has 0 aliphatic heterocycles. The molecule has 0 amide bonds. The molecule has 0 saturated carbocycles. The lowest BCUT2D eigenvalue weighted by Crippen LogP contribution is -2.09. The van der Waals surface area contributed by atoms with Crippen LogP contribution in [0.2, 0.25) is 0 Å². The Morgan fingerprint density at radius 1 is 1.36 bits per heavy atom. The highest BCUT2D eigenvalue weighted by Gasteiger charge is 2.18. The maximum absolute atomic E-state index is 13.6. The molecule has 0 bridgehead atoms. The molecule has 3 rings (SSSR count). The van der Waals surface area contributed by atoms with Crippen molar-refractivity contribution in [2.75, 3.05) is 0 Å². The number of hydrogen-bond donors (Lipinski definition) is 0. The molecule has 2 heterocycles. The minimum Gasteiger partial charge on any atom is -0.294 e. The van der Waals surface area contributed by atoms with Crippen molar-refractivity contribution in [3.63, 3.8) is 0 Å². The summed E-state index contributed by atoms with van der Waals surface area (Å²) in [5.41, 5.74) is 1.75. The number of halogens is 2. The SMILES string of the molecule is CCn1ncc(Cc2nc(C)nn2-c2ccc(F)cc2C(C)=O)c1Br.